The molecule has 0 aliphatic carbocycles. The average Bonchev–Trinajstić information content (AvgIpc) is 2.60. The van der Waals surface area contributed by atoms with Gasteiger partial charge in [0.05, 0.1) is 18.1 Å². The Kier molecular flexibility index (Phi) is 5.07. The first-order chi connectivity index (χ1) is 8.67. The van der Waals surface area contributed by atoms with Gasteiger partial charge in [-0.05, 0) is 12.3 Å². The Bertz CT molecular complexity index is 536. The minimum atomic E-state index is -3.43. The van der Waals surface area contributed by atoms with Crippen molar-refractivity contribution in [1.82, 2.24) is 14.5 Å². The van der Waals surface area contributed by atoms with Crippen molar-refractivity contribution in [2.24, 2.45) is 13.0 Å². The Morgan fingerprint density at radius 1 is 1.47 bits per heavy atom. The first kappa shape index (κ1) is 15.6. The molecule has 1 atom stereocenters. The molecule has 1 aromatic heterocycles. The van der Waals surface area contributed by atoms with Gasteiger partial charge >= 0.3 is 0 Å². The summed E-state index contributed by atoms with van der Waals surface area (Å²) in [4.78, 5) is 12.1. The van der Waals surface area contributed by atoms with Crippen LogP contribution in [0, 0.1) is 5.92 Å². The van der Waals surface area contributed by atoms with Crippen molar-refractivity contribution in [3.8, 4) is 0 Å². The zero-order valence-corrected chi connectivity index (χ0v) is 12.4. The van der Waals surface area contributed by atoms with E-state index in [9.17, 15) is 13.2 Å². The van der Waals surface area contributed by atoms with E-state index in [1.165, 1.54) is 6.20 Å². The third kappa shape index (κ3) is 5.84. The van der Waals surface area contributed by atoms with Crippen LogP contribution in [0.4, 0.5) is 5.69 Å². The maximum atomic E-state index is 12.1. The lowest BCUT2D eigenvalue weighted by molar-refractivity contribution is -0.118. The van der Waals surface area contributed by atoms with E-state index < -0.39 is 16.1 Å². The fourth-order valence-electron chi connectivity index (χ4n) is 1.65. The van der Waals surface area contributed by atoms with Gasteiger partial charge in [-0.3, -0.25) is 9.48 Å². The molecule has 0 fully saturated rings. The number of carbonyl (C=O) groups is 1. The fourth-order valence-corrected chi connectivity index (χ4v) is 2.37. The van der Waals surface area contributed by atoms with E-state index in [0.717, 1.165) is 6.26 Å². The van der Waals surface area contributed by atoms with Gasteiger partial charge in [0.1, 0.15) is 6.04 Å². The number of aryl methyl sites for hydroxylation is 1. The van der Waals surface area contributed by atoms with Crippen LogP contribution in [-0.2, 0) is 21.9 Å². The highest BCUT2D eigenvalue weighted by Gasteiger charge is 2.23. The lowest BCUT2D eigenvalue weighted by Crippen LogP contribution is -2.44. The van der Waals surface area contributed by atoms with E-state index in [-0.39, 0.29) is 11.8 Å². The molecule has 1 aromatic rings. The highest BCUT2D eigenvalue weighted by atomic mass is 32.2. The summed E-state index contributed by atoms with van der Waals surface area (Å²) in [6.45, 7) is 3.85. The maximum absolute atomic E-state index is 12.1. The standard InChI is InChI=1S/C11H20N4O3S/c1-8(2)5-10(14-19(4,17)18)11(16)13-9-6-12-15(3)7-9/h6-8,10,14H,5H2,1-4H3,(H,13,16)/t10-/m0/s1. The number of nitrogens with zero attached hydrogens (tertiary/aromatic N) is 2. The van der Waals surface area contributed by atoms with Crippen molar-refractivity contribution < 1.29 is 13.2 Å². The van der Waals surface area contributed by atoms with Crippen LogP contribution < -0.4 is 10.0 Å². The predicted octanol–water partition coefficient (Wildman–Crippen LogP) is 0.322. The molecule has 8 heteroatoms. The molecule has 0 saturated heterocycles. The number of anilines is 1. The molecule has 0 aliphatic heterocycles. The smallest absolute Gasteiger partial charge is 0.242 e. The molecule has 1 heterocycles. The highest BCUT2D eigenvalue weighted by Crippen LogP contribution is 2.10. The molecule has 108 valence electrons. The predicted molar refractivity (Wildman–Crippen MR) is 73.1 cm³/mol. The van der Waals surface area contributed by atoms with Crippen molar-refractivity contribution in [2.75, 3.05) is 11.6 Å². The Labute approximate surface area is 113 Å². The molecule has 2 N–H and O–H groups in total. The Morgan fingerprint density at radius 2 is 2.11 bits per heavy atom. The van der Waals surface area contributed by atoms with E-state index in [4.69, 9.17) is 0 Å². The molecule has 0 aromatic carbocycles. The molecular formula is C11H20N4O3S. The number of nitrogens with one attached hydrogen (secondary N) is 2. The van der Waals surface area contributed by atoms with E-state index in [2.05, 4.69) is 15.1 Å². The molecule has 0 spiro atoms. The average molecular weight is 288 g/mol. The lowest BCUT2D eigenvalue weighted by Gasteiger charge is -2.18. The minimum absolute atomic E-state index is 0.193. The number of hydrogen-bond acceptors (Lipinski definition) is 4. The summed E-state index contributed by atoms with van der Waals surface area (Å²) >= 11 is 0. The largest absolute Gasteiger partial charge is 0.322 e. The van der Waals surface area contributed by atoms with Gasteiger partial charge < -0.3 is 5.32 Å². The molecular weight excluding hydrogens is 268 g/mol. The molecule has 0 radical (unpaired) electrons. The lowest BCUT2D eigenvalue weighted by atomic mass is 10.0. The molecule has 0 bridgehead atoms. The second kappa shape index (κ2) is 6.16. The van der Waals surface area contributed by atoms with Gasteiger partial charge in [0.25, 0.3) is 0 Å². The van der Waals surface area contributed by atoms with Gasteiger partial charge in [0.2, 0.25) is 15.9 Å². The number of hydrogen-bond donors (Lipinski definition) is 2. The van der Waals surface area contributed by atoms with Gasteiger partial charge in [0, 0.05) is 13.2 Å². The van der Waals surface area contributed by atoms with Gasteiger partial charge in [-0.15, -0.1) is 0 Å². The summed E-state index contributed by atoms with van der Waals surface area (Å²) in [5.74, 6) is -0.189. The van der Waals surface area contributed by atoms with Crippen LogP contribution in [0.5, 0.6) is 0 Å². The zero-order chi connectivity index (χ0) is 14.6. The maximum Gasteiger partial charge on any atom is 0.242 e. The van der Waals surface area contributed by atoms with Gasteiger partial charge in [0.15, 0.2) is 0 Å². The summed E-state index contributed by atoms with van der Waals surface area (Å²) in [6, 6.07) is -0.782. The third-order valence-corrected chi connectivity index (χ3v) is 3.07. The molecule has 0 unspecified atom stereocenters. The van der Waals surface area contributed by atoms with E-state index >= 15 is 0 Å². The van der Waals surface area contributed by atoms with Gasteiger partial charge in [-0.2, -0.15) is 5.10 Å². The summed E-state index contributed by atoms with van der Waals surface area (Å²) < 4.78 is 26.5. The Hall–Kier alpha value is -1.41. The van der Waals surface area contributed by atoms with Crippen molar-refractivity contribution in [3.63, 3.8) is 0 Å². The van der Waals surface area contributed by atoms with Crippen LogP contribution in [-0.4, -0.2) is 36.4 Å². The minimum Gasteiger partial charge on any atom is -0.322 e. The topological polar surface area (TPSA) is 93.1 Å². The van der Waals surface area contributed by atoms with E-state index in [0.29, 0.717) is 12.1 Å². The monoisotopic (exact) mass is 288 g/mol. The van der Waals surface area contributed by atoms with Crippen molar-refractivity contribution >= 4 is 21.6 Å². The van der Waals surface area contributed by atoms with Crippen molar-refractivity contribution in [3.05, 3.63) is 12.4 Å². The SMILES string of the molecule is CC(C)C[C@H](NS(C)(=O)=O)C(=O)Nc1cnn(C)c1. The number of carbonyl (C=O) groups excluding carboxylic acids is 1. The van der Waals surface area contributed by atoms with Gasteiger partial charge in [-0.25, -0.2) is 13.1 Å². The number of aromatic nitrogens is 2. The van der Waals surface area contributed by atoms with E-state index in [1.807, 2.05) is 13.8 Å². The molecule has 0 saturated carbocycles. The van der Waals surface area contributed by atoms with Crippen LogP contribution in [0.1, 0.15) is 20.3 Å². The summed E-state index contributed by atoms with van der Waals surface area (Å²) in [5.41, 5.74) is 0.538. The van der Waals surface area contributed by atoms with Gasteiger partial charge in [-0.1, -0.05) is 13.8 Å². The van der Waals surface area contributed by atoms with Crippen LogP contribution >= 0.6 is 0 Å². The quantitative estimate of drug-likeness (QED) is 0.788. The normalized spacial score (nSPS) is 13.5. The molecule has 7 nitrogen and oxygen atoms in total. The fraction of sp³-hybridized carbons (Fsp3) is 0.636. The van der Waals surface area contributed by atoms with Crippen LogP contribution in [0.2, 0.25) is 0 Å². The number of amides is 1. The summed E-state index contributed by atoms with van der Waals surface area (Å²) in [7, 11) is -1.70. The van der Waals surface area contributed by atoms with Crippen LogP contribution in [0.15, 0.2) is 12.4 Å². The van der Waals surface area contributed by atoms with Crippen molar-refractivity contribution in [1.29, 1.82) is 0 Å². The molecule has 1 rings (SSSR count). The Balaban J connectivity index is 2.76. The second-order valence-corrected chi connectivity index (χ2v) is 6.74. The number of sulfonamides is 1. The van der Waals surface area contributed by atoms with Crippen LogP contribution in [0.3, 0.4) is 0 Å². The summed E-state index contributed by atoms with van der Waals surface area (Å²) in [6.07, 6.45) is 4.62. The molecule has 1 amide bonds. The zero-order valence-electron chi connectivity index (χ0n) is 11.5. The van der Waals surface area contributed by atoms with Crippen LogP contribution in [0.25, 0.3) is 0 Å². The number of rotatable bonds is 6. The summed E-state index contributed by atoms with van der Waals surface area (Å²) in [5, 5.41) is 6.57. The van der Waals surface area contributed by atoms with E-state index in [1.54, 1.807) is 17.9 Å². The van der Waals surface area contributed by atoms with Crippen molar-refractivity contribution in [2.45, 2.75) is 26.3 Å². The third-order valence-electron chi connectivity index (χ3n) is 2.35. The molecule has 19 heavy (non-hydrogen) atoms. The highest BCUT2D eigenvalue weighted by molar-refractivity contribution is 7.88. The molecule has 0 aliphatic rings. The second-order valence-electron chi connectivity index (χ2n) is 4.96. The Morgan fingerprint density at radius 3 is 2.53 bits per heavy atom. The first-order valence-electron chi connectivity index (χ1n) is 5.94. The first-order valence-corrected chi connectivity index (χ1v) is 7.83.